The molecule has 2 amide bonds. The lowest BCUT2D eigenvalue weighted by molar-refractivity contribution is -0.122. The molecule has 2 fully saturated rings. The zero-order valence-corrected chi connectivity index (χ0v) is 18.0. The van der Waals surface area contributed by atoms with Crippen LogP contribution < -0.4 is 20.3 Å². The molecule has 1 aromatic carbocycles. The van der Waals surface area contributed by atoms with Gasteiger partial charge < -0.3 is 14.5 Å². The summed E-state index contributed by atoms with van der Waals surface area (Å²) in [5, 5.41) is 5.93. The number of amides is 2. The number of aryl methyl sites for hydroxylation is 1. The number of ether oxygens (including phenoxy) is 1. The molecule has 9 heteroatoms. The molecule has 0 unspecified atom stereocenters. The number of rotatable bonds is 6. The summed E-state index contributed by atoms with van der Waals surface area (Å²) in [6.07, 6.45) is 1.42. The van der Waals surface area contributed by atoms with Crippen molar-refractivity contribution in [3.05, 3.63) is 53.5 Å². The van der Waals surface area contributed by atoms with E-state index in [2.05, 4.69) is 15.5 Å². The van der Waals surface area contributed by atoms with Gasteiger partial charge in [-0.2, -0.15) is 0 Å². The van der Waals surface area contributed by atoms with Crippen LogP contribution in [-0.2, 0) is 9.59 Å². The van der Waals surface area contributed by atoms with Crippen LogP contribution in [0, 0.1) is 6.92 Å². The Morgan fingerprint density at radius 1 is 1.13 bits per heavy atom. The second kappa shape index (κ2) is 9.42. The fourth-order valence-corrected chi connectivity index (χ4v) is 3.77. The van der Waals surface area contributed by atoms with E-state index in [1.54, 1.807) is 43.3 Å². The van der Waals surface area contributed by atoms with E-state index in [0.29, 0.717) is 29.6 Å². The number of furan rings is 1. The molecule has 2 aliphatic heterocycles. The van der Waals surface area contributed by atoms with E-state index in [1.165, 1.54) is 11.0 Å². The van der Waals surface area contributed by atoms with Gasteiger partial charge in [0, 0.05) is 32.7 Å². The molecule has 3 heterocycles. The van der Waals surface area contributed by atoms with Gasteiger partial charge in [-0.15, -0.1) is 0 Å². The third-order valence-electron chi connectivity index (χ3n) is 5.13. The first-order valence-electron chi connectivity index (χ1n) is 10.1. The van der Waals surface area contributed by atoms with Crippen molar-refractivity contribution in [2.75, 3.05) is 44.2 Å². The van der Waals surface area contributed by atoms with E-state index in [0.717, 1.165) is 32.7 Å². The maximum atomic E-state index is 13.0. The van der Waals surface area contributed by atoms with Crippen molar-refractivity contribution in [2.24, 2.45) is 0 Å². The Labute approximate surface area is 185 Å². The monoisotopic (exact) mass is 440 g/mol. The van der Waals surface area contributed by atoms with Crippen LogP contribution >= 0.6 is 12.2 Å². The predicted molar refractivity (Wildman–Crippen MR) is 121 cm³/mol. The number of nitrogens with zero attached hydrogens (tertiary/aromatic N) is 2. The average Bonchev–Trinajstić information content (AvgIpc) is 3.18. The molecule has 0 aliphatic carbocycles. The Kier molecular flexibility index (Phi) is 6.45. The van der Waals surface area contributed by atoms with E-state index in [-0.39, 0.29) is 10.7 Å². The molecular weight excluding hydrogens is 416 g/mol. The first-order chi connectivity index (χ1) is 15.0. The molecular formula is C22H24N4O4S. The van der Waals surface area contributed by atoms with Gasteiger partial charge in [-0.25, -0.2) is 0 Å². The third kappa shape index (κ3) is 5.01. The second-order valence-corrected chi connectivity index (χ2v) is 7.73. The molecule has 8 nitrogen and oxygen atoms in total. The Hall–Kier alpha value is -3.01. The number of carbonyl (C=O) groups excluding carboxylic acids is 2. The normalized spacial score (nSPS) is 19.1. The van der Waals surface area contributed by atoms with E-state index >= 15 is 0 Å². The number of hydrogen-bond donors (Lipinski definition) is 2. The SMILES string of the molecule is Cc1ccc(/C=C2\C(=O)NC(=S)N(c3ccc(OCCN4CCNCC4)cc3)C2=O)o1. The van der Waals surface area contributed by atoms with Gasteiger partial charge in [-0.1, -0.05) is 0 Å². The van der Waals surface area contributed by atoms with Crippen LogP contribution in [0.5, 0.6) is 5.75 Å². The van der Waals surface area contributed by atoms with E-state index in [1.807, 2.05) is 0 Å². The summed E-state index contributed by atoms with van der Waals surface area (Å²) < 4.78 is 11.3. The summed E-state index contributed by atoms with van der Waals surface area (Å²) >= 11 is 5.24. The zero-order valence-electron chi connectivity index (χ0n) is 17.2. The van der Waals surface area contributed by atoms with Gasteiger partial charge in [0.15, 0.2) is 5.11 Å². The molecule has 2 N–H and O–H groups in total. The average molecular weight is 441 g/mol. The highest BCUT2D eigenvalue weighted by Crippen LogP contribution is 2.24. The second-order valence-electron chi connectivity index (χ2n) is 7.34. The fourth-order valence-electron chi connectivity index (χ4n) is 3.48. The Balaban J connectivity index is 1.43. The van der Waals surface area contributed by atoms with Gasteiger partial charge in [-0.3, -0.25) is 24.7 Å². The summed E-state index contributed by atoms with van der Waals surface area (Å²) in [5.74, 6) is 0.774. The van der Waals surface area contributed by atoms with Gasteiger partial charge in [-0.05, 0) is 61.6 Å². The molecule has 0 spiro atoms. The van der Waals surface area contributed by atoms with E-state index in [9.17, 15) is 9.59 Å². The third-order valence-corrected chi connectivity index (χ3v) is 5.41. The fraction of sp³-hybridized carbons (Fsp3) is 0.318. The molecule has 1 aromatic heterocycles. The summed E-state index contributed by atoms with van der Waals surface area (Å²) in [5.41, 5.74) is 0.505. The van der Waals surface area contributed by atoms with E-state index < -0.39 is 11.8 Å². The summed E-state index contributed by atoms with van der Waals surface area (Å²) in [6, 6.07) is 10.5. The molecule has 162 valence electrons. The maximum Gasteiger partial charge on any atom is 0.270 e. The molecule has 31 heavy (non-hydrogen) atoms. The lowest BCUT2D eigenvalue weighted by Crippen LogP contribution is -2.54. The molecule has 4 rings (SSSR count). The molecule has 2 aliphatic rings. The highest BCUT2D eigenvalue weighted by molar-refractivity contribution is 7.80. The highest BCUT2D eigenvalue weighted by atomic mass is 32.1. The van der Waals surface area contributed by atoms with Crippen LogP contribution in [0.3, 0.4) is 0 Å². The zero-order chi connectivity index (χ0) is 21.8. The van der Waals surface area contributed by atoms with Crippen LogP contribution in [0.25, 0.3) is 6.08 Å². The van der Waals surface area contributed by atoms with Crippen LogP contribution in [0.15, 0.2) is 46.4 Å². The predicted octanol–water partition coefficient (Wildman–Crippen LogP) is 1.70. The van der Waals surface area contributed by atoms with Gasteiger partial charge in [0.25, 0.3) is 11.8 Å². The van der Waals surface area contributed by atoms with Crippen molar-refractivity contribution >= 4 is 40.9 Å². The number of carbonyl (C=O) groups is 2. The smallest absolute Gasteiger partial charge is 0.270 e. The largest absolute Gasteiger partial charge is 0.492 e. The number of piperazine rings is 1. The van der Waals surface area contributed by atoms with Crippen molar-refractivity contribution in [3.63, 3.8) is 0 Å². The van der Waals surface area contributed by atoms with Gasteiger partial charge in [0.05, 0.1) is 5.69 Å². The van der Waals surface area contributed by atoms with Crippen molar-refractivity contribution in [1.29, 1.82) is 0 Å². The van der Waals surface area contributed by atoms with Crippen molar-refractivity contribution in [3.8, 4) is 5.75 Å². The molecule has 0 saturated carbocycles. The molecule has 2 aromatic rings. The molecule has 0 atom stereocenters. The Morgan fingerprint density at radius 3 is 2.55 bits per heavy atom. The van der Waals surface area contributed by atoms with Crippen molar-refractivity contribution in [1.82, 2.24) is 15.5 Å². The molecule has 2 saturated heterocycles. The van der Waals surface area contributed by atoms with E-state index in [4.69, 9.17) is 21.4 Å². The summed E-state index contributed by atoms with van der Waals surface area (Å²) in [6.45, 7) is 7.30. The summed E-state index contributed by atoms with van der Waals surface area (Å²) in [7, 11) is 0. The highest BCUT2D eigenvalue weighted by Gasteiger charge is 2.34. The van der Waals surface area contributed by atoms with Crippen LogP contribution in [-0.4, -0.2) is 61.2 Å². The Bertz CT molecular complexity index is 1010. The minimum atomic E-state index is -0.548. The number of nitrogens with one attached hydrogen (secondary N) is 2. The van der Waals surface area contributed by atoms with Gasteiger partial charge in [0.1, 0.15) is 29.4 Å². The lowest BCUT2D eigenvalue weighted by atomic mass is 10.1. The van der Waals surface area contributed by atoms with Gasteiger partial charge >= 0.3 is 0 Å². The van der Waals surface area contributed by atoms with Gasteiger partial charge in [0.2, 0.25) is 0 Å². The van der Waals surface area contributed by atoms with Crippen LogP contribution in [0.4, 0.5) is 5.69 Å². The van der Waals surface area contributed by atoms with Crippen molar-refractivity contribution in [2.45, 2.75) is 6.92 Å². The topological polar surface area (TPSA) is 87.1 Å². The quantitative estimate of drug-likeness (QED) is 0.402. The first-order valence-corrected chi connectivity index (χ1v) is 10.6. The molecule has 0 radical (unpaired) electrons. The number of anilines is 1. The standard InChI is InChI=1S/C22H24N4O4S/c1-15-2-5-18(30-15)14-19-20(27)24-22(31)26(21(19)28)16-3-6-17(7-4-16)29-13-12-25-10-8-23-9-11-25/h2-7,14,23H,8-13H2,1H3,(H,24,27,31)/b19-14+. The minimum absolute atomic E-state index is 0.0372. The minimum Gasteiger partial charge on any atom is -0.492 e. The van der Waals surface area contributed by atoms with Crippen molar-refractivity contribution < 1.29 is 18.7 Å². The number of benzene rings is 1. The number of hydrogen-bond acceptors (Lipinski definition) is 7. The lowest BCUT2D eigenvalue weighted by Gasteiger charge is -2.29. The Morgan fingerprint density at radius 2 is 1.87 bits per heavy atom. The maximum absolute atomic E-state index is 13.0. The van der Waals surface area contributed by atoms with Crippen LogP contribution in [0.2, 0.25) is 0 Å². The first kappa shape index (κ1) is 21.2. The number of thiocarbonyl (C=S) groups is 1. The van der Waals surface area contributed by atoms with Crippen LogP contribution in [0.1, 0.15) is 11.5 Å². The summed E-state index contributed by atoms with van der Waals surface area (Å²) in [4.78, 5) is 29.0. The molecule has 0 bridgehead atoms.